The zero-order valence-electron chi connectivity index (χ0n) is 13.7. The number of nitrogens with one attached hydrogen (secondary N) is 1. The first-order chi connectivity index (χ1) is 12.4. The maximum atomic E-state index is 12.9. The average Bonchev–Trinajstić information content (AvgIpc) is 2.86. The number of hydrogen-bond acceptors (Lipinski definition) is 3. The van der Waals surface area contributed by atoms with Gasteiger partial charge in [0, 0.05) is 30.3 Å². The molecule has 9 heteroatoms. The molecule has 0 bridgehead atoms. The van der Waals surface area contributed by atoms with Crippen LogP contribution in [0, 0.1) is 5.82 Å². The van der Waals surface area contributed by atoms with Crippen LogP contribution >= 0.6 is 11.6 Å². The van der Waals surface area contributed by atoms with Gasteiger partial charge in [-0.2, -0.15) is 17.0 Å². The Morgan fingerprint density at radius 1 is 1.08 bits per heavy atom. The predicted molar refractivity (Wildman–Crippen MR) is 97.4 cm³/mol. The molecule has 6 nitrogen and oxygen atoms in total. The van der Waals surface area contributed by atoms with Gasteiger partial charge < -0.3 is 5.32 Å². The third-order valence-corrected chi connectivity index (χ3v) is 6.30. The van der Waals surface area contributed by atoms with E-state index in [9.17, 15) is 17.6 Å². The lowest BCUT2D eigenvalue weighted by Crippen LogP contribution is -2.37. The Hall–Kier alpha value is -2.00. The highest BCUT2D eigenvalue weighted by atomic mass is 35.5. The minimum Gasteiger partial charge on any atom is -0.325 e. The Kier molecular flexibility index (Phi) is 5.57. The largest absolute Gasteiger partial charge is 0.325 e. The summed E-state index contributed by atoms with van der Waals surface area (Å²) in [5.74, 6) is -0.903. The Morgan fingerprint density at radius 2 is 1.73 bits per heavy atom. The first-order valence-electron chi connectivity index (χ1n) is 7.90. The Bertz CT molecular complexity index is 906. The second-order valence-electron chi connectivity index (χ2n) is 5.82. The van der Waals surface area contributed by atoms with Gasteiger partial charge in [0.1, 0.15) is 5.82 Å². The second-order valence-corrected chi connectivity index (χ2v) is 8.16. The molecule has 0 saturated carbocycles. The first-order valence-corrected chi connectivity index (χ1v) is 9.68. The summed E-state index contributed by atoms with van der Waals surface area (Å²) < 4.78 is 40.5. The molecule has 3 rings (SSSR count). The van der Waals surface area contributed by atoms with E-state index in [0.717, 1.165) is 4.31 Å². The van der Waals surface area contributed by atoms with Crippen LogP contribution in [0.25, 0.3) is 0 Å². The molecule has 2 aromatic carbocycles. The van der Waals surface area contributed by atoms with Crippen LogP contribution in [0.15, 0.2) is 48.5 Å². The number of amides is 1. The molecule has 0 unspecified atom stereocenters. The van der Waals surface area contributed by atoms with Gasteiger partial charge in [-0.15, -0.1) is 0 Å². The molecule has 1 amide bonds. The molecular formula is C17H17ClFN3O3S. The van der Waals surface area contributed by atoms with Crippen LogP contribution in [0.1, 0.15) is 5.56 Å². The van der Waals surface area contributed by atoms with Crippen molar-refractivity contribution in [1.82, 2.24) is 8.61 Å². The van der Waals surface area contributed by atoms with Crippen molar-refractivity contribution < 1.29 is 17.6 Å². The van der Waals surface area contributed by atoms with Crippen molar-refractivity contribution in [3.8, 4) is 0 Å². The van der Waals surface area contributed by atoms with Gasteiger partial charge in [-0.05, 0) is 35.9 Å². The predicted octanol–water partition coefficient (Wildman–Crippen LogP) is 2.48. The highest BCUT2D eigenvalue weighted by molar-refractivity contribution is 7.87. The van der Waals surface area contributed by atoms with Crippen LogP contribution in [0.5, 0.6) is 0 Å². The summed E-state index contributed by atoms with van der Waals surface area (Å²) >= 11 is 6.09. The summed E-state index contributed by atoms with van der Waals surface area (Å²) in [5.41, 5.74) is 1.11. The topological polar surface area (TPSA) is 69.7 Å². The standard InChI is InChI=1S/C17H17ClFN3O3S/c18-16-4-2-1-3-13(16)11-21-9-10-22(26(21,24)25)12-17(23)20-15-7-5-14(19)6-8-15/h1-8H,9-12H2,(H,20,23). The molecule has 1 aliphatic rings. The number of halogens is 2. The van der Waals surface area contributed by atoms with Crippen molar-refractivity contribution in [2.24, 2.45) is 0 Å². The lowest BCUT2D eigenvalue weighted by atomic mass is 10.2. The number of nitrogens with zero attached hydrogens (tertiary/aromatic N) is 2. The molecule has 1 aliphatic heterocycles. The number of hydrogen-bond donors (Lipinski definition) is 1. The summed E-state index contributed by atoms with van der Waals surface area (Å²) in [4.78, 5) is 12.1. The molecule has 0 aliphatic carbocycles. The van der Waals surface area contributed by atoms with E-state index in [0.29, 0.717) is 16.3 Å². The summed E-state index contributed by atoms with van der Waals surface area (Å²) in [7, 11) is -3.75. The van der Waals surface area contributed by atoms with E-state index in [4.69, 9.17) is 11.6 Å². The van der Waals surface area contributed by atoms with E-state index in [2.05, 4.69) is 5.32 Å². The molecule has 0 spiro atoms. The highest BCUT2D eigenvalue weighted by Gasteiger charge is 2.37. The lowest BCUT2D eigenvalue weighted by molar-refractivity contribution is -0.116. The number of benzene rings is 2. The summed E-state index contributed by atoms with van der Waals surface area (Å²) in [5, 5.41) is 3.05. The van der Waals surface area contributed by atoms with Crippen LogP contribution in [-0.2, 0) is 21.5 Å². The van der Waals surface area contributed by atoms with Crippen LogP contribution in [0.4, 0.5) is 10.1 Å². The van der Waals surface area contributed by atoms with Gasteiger partial charge in [-0.25, -0.2) is 4.39 Å². The molecule has 138 valence electrons. The molecule has 26 heavy (non-hydrogen) atoms. The number of rotatable bonds is 5. The normalized spacial score (nSPS) is 17.3. The zero-order chi connectivity index (χ0) is 18.7. The first kappa shape index (κ1) is 18.8. The maximum Gasteiger partial charge on any atom is 0.282 e. The fraction of sp³-hybridized carbons (Fsp3) is 0.235. The van der Waals surface area contributed by atoms with Gasteiger partial charge in [0.25, 0.3) is 10.2 Å². The Labute approximate surface area is 156 Å². The van der Waals surface area contributed by atoms with Gasteiger partial charge in [0.05, 0.1) is 6.54 Å². The van der Waals surface area contributed by atoms with Crippen molar-refractivity contribution in [2.45, 2.75) is 6.54 Å². The van der Waals surface area contributed by atoms with E-state index in [1.807, 2.05) is 0 Å². The monoisotopic (exact) mass is 397 g/mol. The Morgan fingerprint density at radius 3 is 2.42 bits per heavy atom. The van der Waals surface area contributed by atoms with Gasteiger partial charge in [0.15, 0.2) is 0 Å². The lowest BCUT2D eigenvalue weighted by Gasteiger charge is -2.19. The van der Waals surface area contributed by atoms with Crippen molar-refractivity contribution in [3.05, 3.63) is 64.9 Å². The molecule has 0 atom stereocenters. The van der Waals surface area contributed by atoms with Gasteiger partial charge >= 0.3 is 0 Å². The maximum absolute atomic E-state index is 12.9. The van der Waals surface area contributed by atoms with Crippen LogP contribution in [0.3, 0.4) is 0 Å². The van der Waals surface area contributed by atoms with E-state index < -0.39 is 21.9 Å². The third kappa shape index (κ3) is 4.21. The van der Waals surface area contributed by atoms with Crippen molar-refractivity contribution in [1.29, 1.82) is 0 Å². The molecule has 1 fully saturated rings. The van der Waals surface area contributed by atoms with Crippen molar-refractivity contribution in [3.63, 3.8) is 0 Å². The van der Waals surface area contributed by atoms with Crippen molar-refractivity contribution in [2.75, 3.05) is 25.0 Å². The second kappa shape index (κ2) is 7.71. The van der Waals surface area contributed by atoms with E-state index in [1.165, 1.54) is 28.6 Å². The summed E-state index contributed by atoms with van der Waals surface area (Å²) in [6.45, 7) is 0.331. The number of anilines is 1. The Balaban J connectivity index is 1.63. The molecule has 1 saturated heterocycles. The average molecular weight is 398 g/mol. The fourth-order valence-corrected chi connectivity index (χ4v) is 4.38. The van der Waals surface area contributed by atoms with E-state index in [-0.39, 0.29) is 26.2 Å². The minimum atomic E-state index is -3.75. The molecule has 0 aromatic heterocycles. The number of carbonyl (C=O) groups is 1. The summed E-state index contributed by atoms with van der Waals surface area (Å²) in [6.07, 6.45) is 0. The van der Waals surface area contributed by atoms with Crippen LogP contribution in [0.2, 0.25) is 5.02 Å². The summed E-state index contributed by atoms with van der Waals surface area (Å²) in [6, 6.07) is 12.3. The van der Waals surface area contributed by atoms with E-state index >= 15 is 0 Å². The highest BCUT2D eigenvalue weighted by Crippen LogP contribution is 2.23. The van der Waals surface area contributed by atoms with Gasteiger partial charge in [-0.1, -0.05) is 29.8 Å². The number of carbonyl (C=O) groups excluding carboxylic acids is 1. The molecule has 2 aromatic rings. The molecule has 1 heterocycles. The van der Waals surface area contributed by atoms with Crippen molar-refractivity contribution >= 4 is 33.4 Å². The smallest absolute Gasteiger partial charge is 0.282 e. The van der Waals surface area contributed by atoms with E-state index in [1.54, 1.807) is 24.3 Å². The van der Waals surface area contributed by atoms with Gasteiger partial charge in [0.2, 0.25) is 5.91 Å². The molecular weight excluding hydrogens is 381 g/mol. The fourth-order valence-electron chi connectivity index (χ4n) is 2.65. The van der Waals surface area contributed by atoms with Crippen LogP contribution < -0.4 is 5.32 Å². The quantitative estimate of drug-likeness (QED) is 0.842. The molecule has 0 radical (unpaired) electrons. The zero-order valence-corrected chi connectivity index (χ0v) is 15.3. The molecule has 1 N–H and O–H groups in total. The SMILES string of the molecule is O=C(CN1CCN(Cc2ccccc2Cl)S1(=O)=O)Nc1ccc(F)cc1. The third-order valence-electron chi connectivity index (χ3n) is 4.00. The minimum absolute atomic E-state index is 0.151. The van der Waals surface area contributed by atoms with Crippen LogP contribution in [-0.4, -0.2) is 42.6 Å². The van der Waals surface area contributed by atoms with Gasteiger partial charge in [-0.3, -0.25) is 4.79 Å².